The van der Waals surface area contributed by atoms with Crippen LogP contribution in [0, 0.1) is 5.41 Å². The fraction of sp³-hybridized carbons (Fsp3) is 0.333. The molecule has 45 heavy (non-hydrogen) atoms. The summed E-state index contributed by atoms with van der Waals surface area (Å²) in [6.07, 6.45) is -1.70. The molecule has 1 saturated carbocycles. The van der Waals surface area contributed by atoms with E-state index in [-0.39, 0.29) is 64.2 Å². The fourth-order valence-electron chi connectivity index (χ4n) is 7.99. The van der Waals surface area contributed by atoms with E-state index in [1.54, 1.807) is 19.1 Å². The van der Waals surface area contributed by atoms with E-state index in [9.17, 15) is 44.7 Å². The molecule has 0 unspecified atom stereocenters. The first-order valence-corrected chi connectivity index (χ1v) is 14.3. The van der Waals surface area contributed by atoms with E-state index >= 15 is 0 Å². The third-order valence-corrected chi connectivity index (χ3v) is 9.64. The molecule has 232 valence electrons. The van der Waals surface area contributed by atoms with Crippen LogP contribution >= 0.6 is 0 Å². The van der Waals surface area contributed by atoms with Gasteiger partial charge in [-0.1, -0.05) is 23.8 Å². The van der Waals surface area contributed by atoms with Crippen molar-refractivity contribution in [3.05, 3.63) is 74.9 Å². The van der Waals surface area contributed by atoms with Gasteiger partial charge in [-0.05, 0) is 37.5 Å². The SMILES string of the molecule is COC(=O)[C@]12Oc3c(c(O)cc4c3[C@H]3C(=O)C5=C(O)c6c(O)cccc6[C@H](OC(C)=O)[C@@]5(C=C3C)C4)C(O)=C1C(=O)CC[C@H]2O. The van der Waals surface area contributed by atoms with Crippen LogP contribution < -0.4 is 4.74 Å². The van der Waals surface area contributed by atoms with Crippen LogP contribution in [-0.2, 0) is 35.1 Å². The highest BCUT2D eigenvalue weighted by molar-refractivity contribution is 6.14. The lowest BCUT2D eigenvalue weighted by Crippen LogP contribution is -2.61. The fourth-order valence-corrected chi connectivity index (χ4v) is 7.99. The van der Waals surface area contributed by atoms with Gasteiger partial charge in [0.2, 0.25) is 0 Å². The number of benzene rings is 2. The molecule has 5 atom stereocenters. The van der Waals surface area contributed by atoms with Gasteiger partial charge in [-0.3, -0.25) is 14.4 Å². The van der Waals surface area contributed by atoms with Crippen LogP contribution in [-0.4, -0.2) is 67.9 Å². The average molecular weight is 617 g/mol. The van der Waals surface area contributed by atoms with Crippen molar-refractivity contribution >= 4 is 35.0 Å². The van der Waals surface area contributed by atoms with Crippen LogP contribution in [0.15, 0.2) is 47.1 Å². The quantitative estimate of drug-likeness (QED) is 0.245. The number of hydrogen-bond acceptors (Lipinski definition) is 12. The molecule has 1 fully saturated rings. The van der Waals surface area contributed by atoms with Crippen molar-refractivity contribution in [1.82, 2.24) is 0 Å². The summed E-state index contributed by atoms with van der Waals surface area (Å²) in [7, 11) is 1.03. The van der Waals surface area contributed by atoms with Gasteiger partial charge in [0.1, 0.15) is 46.5 Å². The minimum atomic E-state index is -2.50. The van der Waals surface area contributed by atoms with Crippen LogP contribution in [0.2, 0.25) is 0 Å². The molecule has 1 heterocycles. The lowest BCUT2D eigenvalue weighted by Gasteiger charge is -2.45. The number of phenolic OH excluding ortho intramolecular Hbond substituents is 2. The summed E-state index contributed by atoms with van der Waals surface area (Å²) in [5, 5.41) is 56.4. The third kappa shape index (κ3) is 3.40. The molecule has 5 N–H and O–H groups in total. The van der Waals surface area contributed by atoms with Crippen molar-refractivity contribution in [3.8, 4) is 17.2 Å². The Hall–Kier alpha value is -5.10. The predicted molar refractivity (Wildman–Crippen MR) is 153 cm³/mol. The number of hydrogen-bond donors (Lipinski definition) is 5. The van der Waals surface area contributed by atoms with Gasteiger partial charge in [-0.15, -0.1) is 0 Å². The first-order chi connectivity index (χ1) is 21.3. The summed E-state index contributed by atoms with van der Waals surface area (Å²) in [5.41, 5.74) is -4.06. The number of aromatic hydroxyl groups is 2. The Balaban J connectivity index is 1.57. The summed E-state index contributed by atoms with van der Waals surface area (Å²) in [5.74, 6) is -6.93. The molecule has 6 aliphatic rings. The minimum absolute atomic E-state index is 0.0692. The maximum Gasteiger partial charge on any atom is 0.358 e. The highest BCUT2D eigenvalue weighted by Crippen LogP contribution is 2.64. The monoisotopic (exact) mass is 616 g/mol. The molecular weight excluding hydrogens is 588 g/mol. The van der Waals surface area contributed by atoms with Crippen molar-refractivity contribution < 1.29 is 58.9 Å². The second-order valence-electron chi connectivity index (χ2n) is 12.1. The second-order valence-corrected chi connectivity index (χ2v) is 12.1. The zero-order chi connectivity index (χ0) is 32.3. The van der Waals surface area contributed by atoms with E-state index in [0.717, 1.165) is 7.11 Å². The molecule has 0 aromatic heterocycles. The number of fused-ring (bicyclic) bond motifs is 3. The van der Waals surface area contributed by atoms with E-state index in [1.807, 2.05) is 0 Å². The zero-order valence-electron chi connectivity index (χ0n) is 24.3. The van der Waals surface area contributed by atoms with E-state index in [1.165, 1.54) is 25.1 Å². The molecule has 0 amide bonds. The van der Waals surface area contributed by atoms with E-state index in [4.69, 9.17) is 14.2 Å². The van der Waals surface area contributed by atoms with Gasteiger partial charge in [-0.2, -0.15) is 0 Å². The Morgan fingerprint density at radius 3 is 2.42 bits per heavy atom. The lowest BCUT2D eigenvalue weighted by molar-refractivity contribution is -0.169. The molecular formula is C33H28O12. The number of aliphatic hydroxyl groups is 3. The van der Waals surface area contributed by atoms with Crippen molar-refractivity contribution in [2.24, 2.45) is 5.41 Å². The van der Waals surface area contributed by atoms with Gasteiger partial charge in [0, 0.05) is 24.5 Å². The number of esters is 2. The number of Topliss-reactive ketones (excluding diaryl/α,β-unsaturated/α-hetero) is 2. The van der Waals surface area contributed by atoms with Crippen molar-refractivity contribution in [2.75, 3.05) is 7.11 Å². The van der Waals surface area contributed by atoms with Crippen LogP contribution in [0.3, 0.4) is 0 Å². The summed E-state index contributed by atoms with van der Waals surface area (Å²) < 4.78 is 17.0. The van der Waals surface area contributed by atoms with Crippen LogP contribution in [0.5, 0.6) is 17.2 Å². The molecule has 0 saturated heterocycles. The Morgan fingerprint density at radius 1 is 1.02 bits per heavy atom. The van der Waals surface area contributed by atoms with Gasteiger partial charge in [0.05, 0.1) is 35.2 Å². The second kappa shape index (κ2) is 9.21. The molecule has 1 aliphatic heterocycles. The minimum Gasteiger partial charge on any atom is -0.507 e. The Labute approximate surface area is 255 Å². The van der Waals surface area contributed by atoms with Crippen LogP contribution in [0.1, 0.15) is 66.5 Å². The highest BCUT2D eigenvalue weighted by Gasteiger charge is 2.63. The molecule has 2 aromatic rings. The Morgan fingerprint density at radius 2 is 1.73 bits per heavy atom. The van der Waals surface area contributed by atoms with Gasteiger partial charge in [0.15, 0.2) is 11.6 Å². The Kier molecular flexibility index (Phi) is 5.86. The predicted octanol–water partition coefficient (Wildman–Crippen LogP) is 3.14. The molecule has 12 heteroatoms. The zero-order valence-corrected chi connectivity index (χ0v) is 24.3. The molecule has 12 nitrogen and oxygen atoms in total. The number of ether oxygens (including phenoxy) is 3. The topological polar surface area (TPSA) is 197 Å². The molecule has 2 aromatic carbocycles. The number of methoxy groups -OCH3 is 1. The van der Waals surface area contributed by atoms with E-state index in [0.29, 0.717) is 5.57 Å². The molecule has 2 bridgehead atoms. The largest absolute Gasteiger partial charge is 0.507 e. The first kappa shape index (κ1) is 28.7. The molecule has 8 rings (SSSR count). The van der Waals surface area contributed by atoms with E-state index in [2.05, 4.69) is 0 Å². The first-order valence-electron chi connectivity index (χ1n) is 14.3. The lowest BCUT2D eigenvalue weighted by atomic mass is 9.60. The summed E-state index contributed by atoms with van der Waals surface area (Å²) in [6.45, 7) is 2.84. The smallest absolute Gasteiger partial charge is 0.358 e. The van der Waals surface area contributed by atoms with Gasteiger partial charge < -0.3 is 39.7 Å². The Bertz CT molecular complexity index is 1900. The van der Waals surface area contributed by atoms with Crippen molar-refractivity contribution in [3.63, 3.8) is 0 Å². The highest BCUT2D eigenvalue weighted by atomic mass is 16.6. The molecule has 5 aliphatic carbocycles. The van der Waals surface area contributed by atoms with Crippen LogP contribution in [0.25, 0.3) is 11.5 Å². The average Bonchev–Trinajstić information content (AvgIpc) is 3.17. The normalized spacial score (nSPS) is 29.3. The van der Waals surface area contributed by atoms with Crippen molar-refractivity contribution in [1.29, 1.82) is 0 Å². The van der Waals surface area contributed by atoms with Gasteiger partial charge in [0.25, 0.3) is 5.60 Å². The van der Waals surface area contributed by atoms with Crippen molar-refractivity contribution in [2.45, 2.75) is 56.8 Å². The summed E-state index contributed by atoms with van der Waals surface area (Å²) >= 11 is 0. The summed E-state index contributed by atoms with van der Waals surface area (Å²) in [6, 6.07) is 5.70. The standard InChI is InChI=1S/C33H28O12/c1-12-10-32-11-14-9-18(37)23-28(41)24-17(36)7-8-19(38)33(24,31(42)43-3)45-29(23)21(14)20(12)26(39)25(32)27(40)22-15(5-4-6-16(22)35)30(32)44-13(2)34/h4-6,9-10,19-20,30,35,37-38,40-41H,7-8,11H2,1-3H3/t19-,20+,30+,32+,33-/m1/s1. The molecule has 1 spiro atoms. The van der Waals surface area contributed by atoms with Gasteiger partial charge in [-0.25, -0.2) is 4.79 Å². The summed E-state index contributed by atoms with van der Waals surface area (Å²) in [4.78, 5) is 53.5. The number of carbonyl (C=O) groups excluding carboxylic acids is 4. The maximum atomic E-state index is 14.6. The van der Waals surface area contributed by atoms with Crippen LogP contribution in [0.4, 0.5) is 0 Å². The number of aliphatic hydroxyl groups excluding tert-OH is 3. The number of allylic oxidation sites excluding steroid dienone is 1. The third-order valence-electron chi connectivity index (χ3n) is 9.64. The number of phenols is 2. The molecule has 0 radical (unpaired) electrons. The maximum absolute atomic E-state index is 14.6. The van der Waals surface area contributed by atoms with E-state index < -0.39 is 75.5 Å². The van der Waals surface area contributed by atoms with Gasteiger partial charge >= 0.3 is 11.9 Å². The number of rotatable bonds is 2. The number of carbonyl (C=O) groups is 4. The number of ketones is 2.